The van der Waals surface area contributed by atoms with Crippen LogP contribution in [-0.2, 0) is 9.53 Å². The Balaban J connectivity index is 0.0000109. The summed E-state index contributed by atoms with van der Waals surface area (Å²) in [4.78, 5) is 27.4. The second kappa shape index (κ2) is 20.6. The van der Waals surface area contributed by atoms with Gasteiger partial charge in [0.2, 0.25) is 0 Å². The number of nitro benzene ring substituents is 1. The maximum absolute atomic E-state index is 11.6. The van der Waals surface area contributed by atoms with E-state index >= 15 is 0 Å². The van der Waals surface area contributed by atoms with Crippen LogP contribution in [0.2, 0.25) is 0 Å². The molecule has 9 heteroatoms. The fraction of sp³-hybridized carbons (Fsp3) is 0.680. The van der Waals surface area contributed by atoms with Crippen LogP contribution in [0.4, 0.5) is 11.4 Å². The zero-order valence-corrected chi connectivity index (χ0v) is 22.4. The Bertz CT molecular complexity index is 747. The van der Waals surface area contributed by atoms with E-state index in [1.54, 1.807) is 24.8 Å². The summed E-state index contributed by atoms with van der Waals surface area (Å²) in [5, 5.41) is 11.1. The molecule has 194 valence electrons. The van der Waals surface area contributed by atoms with Gasteiger partial charge >= 0.3 is 5.97 Å². The monoisotopic (exact) mass is 515 g/mol. The number of nitrogens with two attached hydrogens (primary N) is 1. The van der Waals surface area contributed by atoms with Gasteiger partial charge in [-0.25, -0.2) is 4.99 Å². The molecule has 0 radical (unpaired) electrons. The molecule has 0 fully saturated rings. The first-order valence-corrected chi connectivity index (χ1v) is 13.4. The number of nitrogens with zero attached hydrogens (tertiary/aromatic N) is 2. The van der Waals surface area contributed by atoms with Gasteiger partial charge in [-0.05, 0) is 25.2 Å². The lowest BCUT2D eigenvalue weighted by atomic mass is 10.1. The summed E-state index contributed by atoms with van der Waals surface area (Å²) in [6.07, 6.45) is 15.5. The van der Waals surface area contributed by atoms with Crippen LogP contribution in [0.1, 0.15) is 97.3 Å². The van der Waals surface area contributed by atoms with E-state index in [2.05, 4.69) is 11.9 Å². The van der Waals surface area contributed by atoms with Crippen molar-refractivity contribution in [1.82, 2.24) is 0 Å². The molecule has 0 saturated heterocycles. The van der Waals surface area contributed by atoms with Crippen molar-refractivity contribution in [3.8, 4) is 0 Å². The number of ether oxygens (including phenoxy) is 1. The summed E-state index contributed by atoms with van der Waals surface area (Å²) in [5.74, 6) is 0.534. The fourth-order valence-electron chi connectivity index (χ4n) is 3.51. The second-order valence-electron chi connectivity index (χ2n) is 8.23. The number of carbonyl (C=O) groups is 1. The molecule has 0 spiro atoms. The van der Waals surface area contributed by atoms with Gasteiger partial charge in [0.15, 0.2) is 0 Å². The van der Waals surface area contributed by atoms with Crippen LogP contribution in [0, 0.1) is 10.1 Å². The molecule has 1 aromatic carbocycles. The molecule has 34 heavy (non-hydrogen) atoms. The van der Waals surface area contributed by atoms with Gasteiger partial charge in [0.05, 0.1) is 17.2 Å². The van der Waals surface area contributed by atoms with Crippen molar-refractivity contribution >= 4 is 47.3 Å². The number of halogens is 1. The Morgan fingerprint density at radius 3 is 2.09 bits per heavy atom. The van der Waals surface area contributed by atoms with Crippen molar-refractivity contribution in [2.24, 2.45) is 10.7 Å². The molecule has 2 N–H and O–H groups in total. The molecular weight excluding hydrogens is 474 g/mol. The Labute approximate surface area is 215 Å². The van der Waals surface area contributed by atoms with E-state index in [1.807, 2.05) is 0 Å². The average Bonchev–Trinajstić information content (AvgIpc) is 2.77. The molecule has 0 atom stereocenters. The molecule has 0 bridgehead atoms. The smallest absolute Gasteiger partial charge is 0.313 e. The number of hydrogen-bond acceptors (Lipinski definition) is 6. The van der Waals surface area contributed by atoms with Gasteiger partial charge in [0, 0.05) is 17.0 Å². The zero-order valence-electron chi connectivity index (χ0n) is 20.8. The number of hydrogen-bond donors (Lipinski definition) is 1. The largest absolute Gasteiger partial charge is 0.466 e. The van der Waals surface area contributed by atoms with Crippen molar-refractivity contribution in [2.45, 2.75) is 102 Å². The zero-order chi connectivity index (χ0) is 24.3. The number of unbranched alkanes of at least 4 members (excludes halogenated alkanes) is 11. The van der Waals surface area contributed by atoms with Crippen molar-refractivity contribution in [3.05, 3.63) is 28.3 Å². The molecule has 1 aromatic rings. The molecule has 0 amide bonds. The molecule has 0 aromatic heterocycles. The first kappa shape index (κ1) is 32.2. The molecule has 1 rings (SSSR count). The van der Waals surface area contributed by atoms with Crippen LogP contribution in [0.5, 0.6) is 0 Å². The van der Waals surface area contributed by atoms with Gasteiger partial charge in [0.1, 0.15) is 12.3 Å². The lowest BCUT2D eigenvalue weighted by Crippen LogP contribution is -2.18. The lowest BCUT2D eigenvalue weighted by molar-refractivity contribution is -0.384. The van der Waals surface area contributed by atoms with E-state index in [-0.39, 0.29) is 37.0 Å². The highest BCUT2D eigenvalue weighted by Crippen LogP contribution is 2.34. The van der Waals surface area contributed by atoms with Crippen LogP contribution in [0.3, 0.4) is 0 Å². The summed E-state index contributed by atoms with van der Waals surface area (Å²) < 4.78 is 4.88. The maximum atomic E-state index is 11.6. The van der Waals surface area contributed by atoms with E-state index in [0.717, 1.165) is 17.1 Å². The quantitative estimate of drug-likeness (QED) is 0.0383. The molecule has 0 aliphatic heterocycles. The highest BCUT2D eigenvalue weighted by atomic mass is 35.5. The summed E-state index contributed by atoms with van der Waals surface area (Å²) in [6.45, 7) is 4.24. The van der Waals surface area contributed by atoms with E-state index < -0.39 is 10.9 Å². The highest BCUT2D eigenvalue weighted by molar-refractivity contribution is 7.99. The second-order valence-corrected chi connectivity index (χ2v) is 9.37. The number of amidine groups is 1. The summed E-state index contributed by atoms with van der Waals surface area (Å²) in [5.41, 5.74) is 6.25. The fourth-order valence-corrected chi connectivity index (χ4v) is 4.49. The van der Waals surface area contributed by atoms with Gasteiger partial charge in [-0.3, -0.25) is 14.9 Å². The number of nitro groups is 1. The number of benzene rings is 1. The van der Waals surface area contributed by atoms with Crippen LogP contribution in [-0.4, -0.2) is 29.1 Å². The van der Waals surface area contributed by atoms with E-state index in [9.17, 15) is 14.9 Å². The van der Waals surface area contributed by atoms with Crippen molar-refractivity contribution in [2.75, 3.05) is 12.4 Å². The molecular formula is C25H42ClN3O4S. The summed E-state index contributed by atoms with van der Waals surface area (Å²) >= 11 is 1.62. The van der Waals surface area contributed by atoms with Crippen LogP contribution >= 0.6 is 24.2 Å². The Morgan fingerprint density at radius 2 is 1.56 bits per heavy atom. The molecule has 0 aliphatic rings. The number of aliphatic imine (C=N–C) groups is 1. The van der Waals surface area contributed by atoms with Crippen LogP contribution in [0.25, 0.3) is 0 Å². The predicted octanol–water partition coefficient (Wildman–Crippen LogP) is 7.75. The summed E-state index contributed by atoms with van der Waals surface area (Å²) in [6, 6.07) is 4.59. The van der Waals surface area contributed by atoms with Gasteiger partial charge in [-0.15, -0.1) is 24.2 Å². The minimum absolute atomic E-state index is 0. The van der Waals surface area contributed by atoms with E-state index in [4.69, 9.17) is 10.5 Å². The maximum Gasteiger partial charge on any atom is 0.313 e. The minimum atomic E-state index is -0.463. The molecule has 0 heterocycles. The Morgan fingerprint density at radius 1 is 1.00 bits per heavy atom. The number of esters is 1. The molecule has 7 nitrogen and oxygen atoms in total. The highest BCUT2D eigenvalue weighted by Gasteiger charge is 2.13. The third kappa shape index (κ3) is 15.2. The van der Waals surface area contributed by atoms with E-state index in [1.165, 1.54) is 82.8 Å². The van der Waals surface area contributed by atoms with Crippen molar-refractivity contribution < 1.29 is 14.5 Å². The Kier molecular flexibility index (Phi) is 19.5. The standard InChI is InChI=1S/C25H41N3O4S.ClH/c1-3-5-6-7-8-9-10-11-12-13-14-15-18-33-23-17-16-21(28(30)31)19-22(23)27-24(26)20-25(29)32-4-2;/h16-17,19H,3-15,18,20H2,1-2H3,(H2,26,27);1H. The summed E-state index contributed by atoms with van der Waals surface area (Å²) in [7, 11) is 0. The van der Waals surface area contributed by atoms with Gasteiger partial charge in [0.25, 0.3) is 5.69 Å². The topological polar surface area (TPSA) is 108 Å². The third-order valence-corrected chi connectivity index (χ3v) is 6.45. The average molecular weight is 516 g/mol. The number of non-ortho nitro benzene ring substituents is 1. The normalized spacial score (nSPS) is 11.2. The van der Waals surface area contributed by atoms with Gasteiger partial charge in [-0.1, -0.05) is 77.6 Å². The molecule has 0 unspecified atom stereocenters. The first-order valence-electron chi connectivity index (χ1n) is 12.4. The minimum Gasteiger partial charge on any atom is -0.466 e. The van der Waals surface area contributed by atoms with Crippen molar-refractivity contribution in [3.63, 3.8) is 0 Å². The van der Waals surface area contributed by atoms with E-state index in [0.29, 0.717) is 5.69 Å². The van der Waals surface area contributed by atoms with Gasteiger partial charge < -0.3 is 10.5 Å². The SMILES string of the molecule is CCCCCCCCCCCCCCSc1ccc([N+](=O)[O-])cc1N=C(N)CC(=O)OCC.Cl. The number of thioether (sulfide) groups is 1. The molecule has 0 saturated carbocycles. The first-order chi connectivity index (χ1) is 16.0. The molecule has 0 aliphatic carbocycles. The number of carbonyl (C=O) groups excluding carboxylic acids is 1. The lowest BCUT2D eigenvalue weighted by Gasteiger charge is -2.08. The Hall–Kier alpha value is -1.80. The number of rotatable bonds is 19. The van der Waals surface area contributed by atoms with Crippen LogP contribution in [0.15, 0.2) is 28.1 Å². The predicted molar refractivity (Wildman–Crippen MR) is 145 cm³/mol. The van der Waals surface area contributed by atoms with Gasteiger partial charge in [-0.2, -0.15) is 0 Å². The van der Waals surface area contributed by atoms with Crippen LogP contribution < -0.4 is 5.73 Å². The third-order valence-electron chi connectivity index (χ3n) is 5.30. The van der Waals surface area contributed by atoms with Crippen molar-refractivity contribution in [1.29, 1.82) is 0 Å².